The van der Waals surface area contributed by atoms with E-state index in [1.54, 1.807) is 34.0 Å². The van der Waals surface area contributed by atoms with Crippen LogP contribution in [0.3, 0.4) is 0 Å². The fourth-order valence-corrected chi connectivity index (χ4v) is 2.85. The van der Waals surface area contributed by atoms with Crippen LogP contribution in [0.2, 0.25) is 0 Å². The second-order valence-corrected chi connectivity index (χ2v) is 6.31. The van der Waals surface area contributed by atoms with Gasteiger partial charge in [-0.25, -0.2) is 13.1 Å². The van der Waals surface area contributed by atoms with Crippen molar-refractivity contribution in [1.29, 1.82) is 0 Å². The van der Waals surface area contributed by atoms with Crippen LogP contribution in [0.4, 0.5) is 5.69 Å². The van der Waals surface area contributed by atoms with Gasteiger partial charge in [-0.3, -0.25) is 4.79 Å². The molecular weight excluding hydrogens is 266 g/mol. The van der Waals surface area contributed by atoms with Gasteiger partial charge in [0.05, 0.1) is 11.4 Å². The Balaban J connectivity index is 3.05. The number of amides is 1. The summed E-state index contributed by atoms with van der Waals surface area (Å²) in [7, 11) is -0.618. The molecule has 1 aromatic rings. The minimum Gasteiger partial charge on any atom is -0.399 e. The molecule has 1 rings (SSSR count). The van der Waals surface area contributed by atoms with Gasteiger partial charge in [-0.1, -0.05) is 0 Å². The summed E-state index contributed by atoms with van der Waals surface area (Å²) in [6.45, 7) is 3.22. The van der Waals surface area contributed by atoms with Crippen molar-refractivity contribution in [2.45, 2.75) is 18.7 Å². The van der Waals surface area contributed by atoms with Gasteiger partial charge in [0.1, 0.15) is 0 Å². The quantitative estimate of drug-likeness (QED) is 0.776. The third-order valence-corrected chi connectivity index (χ3v) is 4.37. The lowest BCUT2D eigenvalue weighted by molar-refractivity contribution is -0.127. The highest BCUT2D eigenvalue weighted by Gasteiger charge is 2.19. The Morgan fingerprint density at radius 1 is 1.32 bits per heavy atom. The van der Waals surface area contributed by atoms with Crippen molar-refractivity contribution < 1.29 is 13.2 Å². The van der Waals surface area contributed by atoms with E-state index in [1.165, 1.54) is 11.0 Å². The van der Waals surface area contributed by atoms with Crippen LogP contribution in [0.5, 0.6) is 0 Å². The molecule has 1 amide bonds. The van der Waals surface area contributed by atoms with E-state index < -0.39 is 10.0 Å². The van der Waals surface area contributed by atoms with Crippen LogP contribution < -0.4 is 10.5 Å². The Morgan fingerprint density at radius 3 is 2.42 bits per heavy atom. The van der Waals surface area contributed by atoms with Gasteiger partial charge in [0, 0.05) is 19.8 Å². The van der Waals surface area contributed by atoms with Crippen molar-refractivity contribution in [2.75, 3.05) is 26.4 Å². The zero-order valence-electron chi connectivity index (χ0n) is 11.5. The van der Waals surface area contributed by atoms with Crippen molar-refractivity contribution in [3.05, 3.63) is 23.3 Å². The highest BCUT2D eigenvalue weighted by Crippen LogP contribution is 2.21. The summed E-state index contributed by atoms with van der Waals surface area (Å²) in [5.41, 5.74) is 7.45. The van der Waals surface area contributed by atoms with Crippen LogP contribution >= 0.6 is 0 Å². The molecule has 0 aliphatic heterocycles. The first-order chi connectivity index (χ1) is 8.65. The Morgan fingerprint density at radius 2 is 1.89 bits per heavy atom. The molecule has 0 heterocycles. The van der Waals surface area contributed by atoms with Crippen molar-refractivity contribution in [2.24, 2.45) is 0 Å². The smallest absolute Gasteiger partial charge is 0.241 e. The molecular formula is C12H19N3O3S. The molecule has 1 aromatic carbocycles. The van der Waals surface area contributed by atoms with Gasteiger partial charge in [0.2, 0.25) is 15.9 Å². The number of nitrogens with zero attached hydrogens (tertiary/aromatic N) is 1. The number of carbonyl (C=O) groups is 1. The Hall–Kier alpha value is -1.60. The maximum absolute atomic E-state index is 12.1. The molecule has 0 aliphatic rings. The zero-order valence-corrected chi connectivity index (χ0v) is 12.3. The van der Waals surface area contributed by atoms with E-state index in [-0.39, 0.29) is 17.3 Å². The Labute approximate surface area is 113 Å². The molecule has 7 heteroatoms. The van der Waals surface area contributed by atoms with Crippen molar-refractivity contribution in [3.8, 4) is 0 Å². The standard InChI is InChI=1S/C12H19N3O3S/c1-8-5-10(13)6-11(9(8)2)19(17,18)14-7-12(16)15(3)4/h5-6,14H,7,13H2,1-4H3. The van der Waals surface area contributed by atoms with E-state index >= 15 is 0 Å². The first kappa shape index (κ1) is 15.5. The molecule has 0 aromatic heterocycles. The van der Waals surface area contributed by atoms with Crippen molar-refractivity contribution >= 4 is 21.6 Å². The summed E-state index contributed by atoms with van der Waals surface area (Å²) in [5, 5.41) is 0. The molecule has 19 heavy (non-hydrogen) atoms. The third-order valence-electron chi connectivity index (χ3n) is 2.84. The van der Waals surface area contributed by atoms with Crippen LogP contribution in [0.1, 0.15) is 11.1 Å². The second-order valence-electron chi connectivity index (χ2n) is 4.57. The molecule has 0 atom stereocenters. The number of sulfonamides is 1. The van der Waals surface area contributed by atoms with E-state index in [4.69, 9.17) is 5.73 Å². The van der Waals surface area contributed by atoms with Gasteiger partial charge in [-0.2, -0.15) is 0 Å². The van der Waals surface area contributed by atoms with Crippen molar-refractivity contribution in [3.63, 3.8) is 0 Å². The highest BCUT2D eigenvalue weighted by atomic mass is 32.2. The van der Waals surface area contributed by atoms with Crippen molar-refractivity contribution in [1.82, 2.24) is 9.62 Å². The van der Waals surface area contributed by atoms with Gasteiger partial charge in [0.15, 0.2) is 0 Å². The fourth-order valence-electron chi connectivity index (χ4n) is 1.53. The summed E-state index contributed by atoms with van der Waals surface area (Å²) < 4.78 is 26.6. The molecule has 0 saturated heterocycles. The number of nitrogens with one attached hydrogen (secondary N) is 1. The minimum atomic E-state index is -3.74. The molecule has 106 valence electrons. The van der Waals surface area contributed by atoms with Gasteiger partial charge in [-0.15, -0.1) is 0 Å². The summed E-state index contributed by atoms with van der Waals surface area (Å²) in [4.78, 5) is 12.8. The molecule has 0 fully saturated rings. The number of anilines is 1. The number of benzene rings is 1. The van der Waals surface area contributed by atoms with Crippen LogP contribution in [-0.4, -0.2) is 39.9 Å². The third kappa shape index (κ3) is 3.68. The highest BCUT2D eigenvalue weighted by molar-refractivity contribution is 7.89. The normalized spacial score (nSPS) is 11.4. The Bertz CT molecular complexity index is 594. The van der Waals surface area contributed by atoms with E-state index in [0.717, 1.165) is 5.56 Å². The number of hydrogen-bond acceptors (Lipinski definition) is 4. The fraction of sp³-hybridized carbons (Fsp3) is 0.417. The first-order valence-electron chi connectivity index (χ1n) is 5.71. The van der Waals surface area contributed by atoms with Crippen LogP contribution in [0, 0.1) is 13.8 Å². The average Bonchev–Trinajstić information content (AvgIpc) is 2.30. The van der Waals surface area contributed by atoms with Gasteiger partial charge in [0.25, 0.3) is 0 Å². The number of rotatable bonds is 4. The largest absolute Gasteiger partial charge is 0.399 e. The zero-order chi connectivity index (χ0) is 14.8. The summed E-state index contributed by atoms with van der Waals surface area (Å²) >= 11 is 0. The van der Waals surface area contributed by atoms with Crippen LogP contribution in [-0.2, 0) is 14.8 Å². The number of hydrogen-bond donors (Lipinski definition) is 2. The molecule has 0 spiro atoms. The van der Waals surface area contributed by atoms with E-state index in [1.807, 2.05) is 0 Å². The Kier molecular flexibility index (Phi) is 4.54. The predicted molar refractivity (Wildman–Crippen MR) is 74.2 cm³/mol. The van der Waals surface area contributed by atoms with Gasteiger partial charge < -0.3 is 10.6 Å². The maximum Gasteiger partial charge on any atom is 0.241 e. The lowest BCUT2D eigenvalue weighted by Gasteiger charge is -2.14. The number of likely N-dealkylation sites (N-methyl/N-ethyl adjacent to an activating group) is 1. The number of nitrogens with two attached hydrogens (primary N) is 1. The second kappa shape index (κ2) is 5.58. The lowest BCUT2D eigenvalue weighted by atomic mass is 10.1. The molecule has 0 radical (unpaired) electrons. The summed E-state index contributed by atoms with van der Waals surface area (Å²) in [6.07, 6.45) is 0. The van der Waals surface area contributed by atoms with Crippen LogP contribution in [0.15, 0.2) is 17.0 Å². The lowest BCUT2D eigenvalue weighted by Crippen LogP contribution is -2.36. The van der Waals surface area contributed by atoms with E-state index in [0.29, 0.717) is 11.3 Å². The van der Waals surface area contributed by atoms with Crippen LogP contribution in [0.25, 0.3) is 0 Å². The van der Waals surface area contributed by atoms with E-state index in [9.17, 15) is 13.2 Å². The molecule has 0 saturated carbocycles. The molecule has 6 nitrogen and oxygen atoms in total. The minimum absolute atomic E-state index is 0.108. The predicted octanol–water partition coefficient (Wildman–Crippen LogP) is 0.252. The monoisotopic (exact) mass is 285 g/mol. The summed E-state index contributed by atoms with van der Waals surface area (Å²) in [5.74, 6) is -0.318. The first-order valence-corrected chi connectivity index (χ1v) is 7.20. The van der Waals surface area contributed by atoms with Gasteiger partial charge in [-0.05, 0) is 37.1 Å². The SMILES string of the molecule is Cc1cc(N)cc(S(=O)(=O)NCC(=O)N(C)C)c1C. The van der Waals surface area contributed by atoms with Gasteiger partial charge >= 0.3 is 0 Å². The number of carbonyl (C=O) groups excluding carboxylic acids is 1. The topological polar surface area (TPSA) is 92.5 Å². The number of nitrogen functional groups attached to an aromatic ring is 1. The molecule has 3 N–H and O–H groups in total. The molecule has 0 unspecified atom stereocenters. The summed E-state index contributed by atoms with van der Waals surface area (Å²) in [6, 6.07) is 3.10. The maximum atomic E-state index is 12.1. The number of aryl methyl sites for hydroxylation is 1. The van der Waals surface area contributed by atoms with E-state index in [2.05, 4.69) is 4.72 Å². The average molecular weight is 285 g/mol. The molecule has 0 aliphatic carbocycles. The molecule has 0 bridgehead atoms.